The Morgan fingerprint density at radius 2 is 1.30 bits per heavy atom. The van der Waals surface area contributed by atoms with Crippen molar-refractivity contribution in [3.8, 4) is 0 Å². The predicted octanol–water partition coefficient (Wildman–Crippen LogP) is 4.51. The third-order valence-electron chi connectivity index (χ3n) is 7.50. The number of hydrogen-bond donors (Lipinski definition) is 0. The van der Waals surface area contributed by atoms with Gasteiger partial charge in [-0.05, 0) is 54.4 Å². The zero-order valence-electron chi connectivity index (χ0n) is 16.5. The predicted molar refractivity (Wildman–Crippen MR) is 91.2 cm³/mol. The molecule has 136 valence electrons. The highest BCUT2D eigenvalue weighted by atomic mass is 16.7. The van der Waals surface area contributed by atoms with E-state index in [0.717, 1.165) is 12.8 Å². The van der Waals surface area contributed by atoms with Gasteiger partial charge in [0, 0.05) is 11.3 Å². The molecular formula is C19H36O4. The Labute approximate surface area is 142 Å². The molecule has 0 aromatic rings. The monoisotopic (exact) mass is 328 g/mol. The van der Waals surface area contributed by atoms with Crippen LogP contribution in [0.2, 0.25) is 0 Å². The van der Waals surface area contributed by atoms with E-state index in [1.54, 1.807) is 0 Å². The number of hydrogen-bond acceptors (Lipinski definition) is 4. The molecule has 2 fully saturated rings. The van der Waals surface area contributed by atoms with Crippen molar-refractivity contribution >= 4 is 0 Å². The molecule has 4 heteroatoms. The summed E-state index contributed by atoms with van der Waals surface area (Å²) in [6, 6.07) is 0. The van der Waals surface area contributed by atoms with Crippen molar-refractivity contribution in [3.63, 3.8) is 0 Å². The number of ether oxygens (including phenoxy) is 4. The molecule has 2 aliphatic heterocycles. The van der Waals surface area contributed by atoms with E-state index in [0.29, 0.717) is 19.5 Å². The summed E-state index contributed by atoms with van der Waals surface area (Å²) in [6.07, 6.45) is 1.88. The van der Waals surface area contributed by atoms with Crippen LogP contribution in [-0.4, -0.2) is 36.0 Å². The Balaban J connectivity index is 2.15. The van der Waals surface area contributed by atoms with Crippen molar-refractivity contribution in [2.24, 2.45) is 11.3 Å². The fraction of sp³-hybridized carbons (Fsp3) is 1.00. The maximum Gasteiger partial charge on any atom is 0.148 e. The average Bonchev–Trinajstić information content (AvgIpc) is 2.41. The SMILES string of the molecule is CC1C(C)(C)OCOC1(C)CCC1(C)OCOC(C)(C)C1(C)C. The minimum absolute atomic E-state index is 0.0987. The highest BCUT2D eigenvalue weighted by Gasteiger charge is 2.56. The summed E-state index contributed by atoms with van der Waals surface area (Å²) < 4.78 is 23.9. The van der Waals surface area contributed by atoms with E-state index in [4.69, 9.17) is 18.9 Å². The second-order valence-electron chi connectivity index (χ2n) is 9.32. The maximum absolute atomic E-state index is 6.13. The minimum Gasteiger partial charge on any atom is -0.349 e. The summed E-state index contributed by atoms with van der Waals surface area (Å²) >= 11 is 0. The summed E-state index contributed by atoms with van der Waals surface area (Å²) in [6.45, 7) is 20.5. The molecule has 23 heavy (non-hydrogen) atoms. The van der Waals surface area contributed by atoms with E-state index >= 15 is 0 Å². The van der Waals surface area contributed by atoms with E-state index in [1.165, 1.54) is 0 Å². The fourth-order valence-corrected chi connectivity index (χ4v) is 3.77. The third kappa shape index (κ3) is 3.08. The molecule has 2 aliphatic rings. The van der Waals surface area contributed by atoms with Gasteiger partial charge in [0.25, 0.3) is 0 Å². The Morgan fingerprint density at radius 3 is 1.91 bits per heavy atom. The van der Waals surface area contributed by atoms with Gasteiger partial charge in [0.1, 0.15) is 13.6 Å². The molecule has 0 spiro atoms. The molecule has 3 atom stereocenters. The van der Waals surface area contributed by atoms with Crippen molar-refractivity contribution in [3.05, 3.63) is 0 Å². The molecule has 2 rings (SSSR count). The third-order valence-corrected chi connectivity index (χ3v) is 7.50. The van der Waals surface area contributed by atoms with Crippen LogP contribution < -0.4 is 0 Å². The summed E-state index contributed by atoms with van der Waals surface area (Å²) in [7, 11) is 0. The number of rotatable bonds is 3. The first-order valence-electron chi connectivity index (χ1n) is 8.83. The van der Waals surface area contributed by atoms with Crippen LogP contribution in [0.25, 0.3) is 0 Å². The Kier molecular flexibility index (Phi) is 4.74. The average molecular weight is 328 g/mol. The molecule has 3 unspecified atom stereocenters. The summed E-state index contributed by atoms with van der Waals surface area (Å²) in [5.41, 5.74) is -0.935. The molecule has 0 radical (unpaired) electrons. The Hall–Kier alpha value is -0.160. The molecule has 4 nitrogen and oxygen atoms in total. The molecule has 0 bridgehead atoms. The fourth-order valence-electron chi connectivity index (χ4n) is 3.77. The van der Waals surface area contributed by atoms with Gasteiger partial charge in [-0.2, -0.15) is 0 Å². The van der Waals surface area contributed by atoms with Crippen molar-refractivity contribution in [2.45, 2.75) is 97.6 Å². The topological polar surface area (TPSA) is 36.9 Å². The van der Waals surface area contributed by atoms with Gasteiger partial charge in [-0.15, -0.1) is 0 Å². The molecule has 0 amide bonds. The summed E-state index contributed by atoms with van der Waals surface area (Å²) in [5.74, 6) is 0.309. The highest BCUT2D eigenvalue weighted by molar-refractivity contribution is 5.05. The van der Waals surface area contributed by atoms with Crippen molar-refractivity contribution in [1.29, 1.82) is 0 Å². The van der Waals surface area contributed by atoms with Gasteiger partial charge in [-0.3, -0.25) is 0 Å². The first-order chi connectivity index (χ1) is 10.3. The van der Waals surface area contributed by atoms with E-state index < -0.39 is 0 Å². The Bertz CT molecular complexity index is 443. The zero-order valence-corrected chi connectivity index (χ0v) is 16.5. The minimum atomic E-state index is -0.247. The zero-order chi connectivity index (χ0) is 17.7. The molecule has 0 N–H and O–H groups in total. The van der Waals surface area contributed by atoms with Crippen LogP contribution in [0.1, 0.15) is 75.2 Å². The van der Waals surface area contributed by atoms with E-state index in [-0.39, 0.29) is 27.8 Å². The van der Waals surface area contributed by atoms with Crippen LogP contribution in [-0.2, 0) is 18.9 Å². The molecule has 0 aliphatic carbocycles. The van der Waals surface area contributed by atoms with Crippen LogP contribution in [0.4, 0.5) is 0 Å². The molecule has 2 heterocycles. The maximum atomic E-state index is 6.13. The lowest BCUT2D eigenvalue weighted by molar-refractivity contribution is -0.324. The molecular weight excluding hydrogens is 292 g/mol. The molecule has 0 aromatic carbocycles. The quantitative estimate of drug-likeness (QED) is 0.764. The van der Waals surface area contributed by atoms with Gasteiger partial charge in [-0.25, -0.2) is 0 Å². The summed E-state index contributed by atoms with van der Waals surface area (Å²) in [5, 5.41) is 0. The second-order valence-corrected chi connectivity index (χ2v) is 9.32. The van der Waals surface area contributed by atoms with E-state index in [1.807, 2.05) is 0 Å². The first-order valence-corrected chi connectivity index (χ1v) is 8.83. The van der Waals surface area contributed by atoms with Gasteiger partial charge in [-0.1, -0.05) is 20.8 Å². The van der Waals surface area contributed by atoms with Crippen LogP contribution in [0.15, 0.2) is 0 Å². The molecule has 0 saturated carbocycles. The van der Waals surface area contributed by atoms with Crippen molar-refractivity contribution < 1.29 is 18.9 Å². The lowest BCUT2D eigenvalue weighted by atomic mass is 9.62. The first kappa shape index (κ1) is 19.2. The standard InChI is InChI=1S/C19H36O4/c1-14-15(2,3)20-12-22-18(14,8)10-11-19(9)16(4,5)17(6,7)21-13-23-19/h14H,10-13H2,1-9H3. The van der Waals surface area contributed by atoms with Crippen molar-refractivity contribution in [1.82, 2.24) is 0 Å². The van der Waals surface area contributed by atoms with E-state index in [2.05, 4.69) is 62.3 Å². The van der Waals surface area contributed by atoms with Crippen LogP contribution >= 0.6 is 0 Å². The smallest absolute Gasteiger partial charge is 0.148 e. The van der Waals surface area contributed by atoms with Gasteiger partial charge >= 0.3 is 0 Å². The van der Waals surface area contributed by atoms with Crippen LogP contribution in [0.5, 0.6) is 0 Å². The second kappa shape index (κ2) is 5.69. The van der Waals surface area contributed by atoms with Crippen LogP contribution in [0, 0.1) is 11.3 Å². The molecule has 2 saturated heterocycles. The van der Waals surface area contributed by atoms with Gasteiger partial charge < -0.3 is 18.9 Å². The summed E-state index contributed by atoms with van der Waals surface area (Å²) in [4.78, 5) is 0. The van der Waals surface area contributed by atoms with Crippen molar-refractivity contribution in [2.75, 3.05) is 13.6 Å². The highest BCUT2D eigenvalue weighted by Crippen LogP contribution is 2.52. The van der Waals surface area contributed by atoms with Gasteiger partial charge in [0.2, 0.25) is 0 Å². The van der Waals surface area contributed by atoms with E-state index in [9.17, 15) is 0 Å². The lowest BCUT2D eigenvalue weighted by Crippen LogP contribution is -2.62. The molecule has 0 aromatic heterocycles. The largest absolute Gasteiger partial charge is 0.349 e. The van der Waals surface area contributed by atoms with Gasteiger partial charge in [0.15, 0.2) is 0 Å². The van der Waals surface area contributed by atoms with Crippen LogP contribution in [0.3, 0.4) is 0 Å². The normalized spacial score (nSPS) is 42.4. The Morgan fingerprint density at radius 1 is 0.739 bits per heavy atom. The van der Waals surface area contributed by atoms with Gasteiger partial charge in [0.05, 0.1) is 22.4 Å². The lowest BCUT2D eigenvalue weighted by Gasteiger charge is -2.57.